The van der Waals surface area contributed by atoms with Crippen LogP contribution in [0.1, 0.15) is 24.5 Å². The number of halogens is 2. The van der Waals surface area contributed by atoms with Crippen molar-refractivity contribution in [3.05, 3.63) is 34.3 Å². The lowest BCUT2D eigenvalue weighted by molar-refractivity contribution is 0.0629. The van der Waals surface area contributed by atoms with Gasteiger partial charge < -0.3 is 4.74 Å². The summed E-state index contributed by atoms with van der Waals surface area (Å²) in [6, 6.07) is 8.41. The lowest BCUT2D eigenvalue weighted by Gasteiger charge is -2.15. The van der Waals surface area contributed by atoms with E-state index in [4.69, 9.17) is 4.74 Å². The Hall–Kier alpha value is 0.390. The topological polar surface area (TPSA) is 9.23 Å². The molecule has 2 rings (SSSR count). The summed E-state index contributed by atoms with van der Waals surface area (Å²) in [5, 5.41) is 0. The van der Waals surface area contributed by atoms with Gasteiger partial charge in [0.2, 0.25) is 0 Å². The van der Waals surface area contributed by atoms with Gasteiger partial charge in [0.15, 0.2) is 0 Å². The minimum atomic E-state index is 0.253. The summed E-state index contributed by atoms with van der Waals surface area (Å²) in [6.45, 7) is 0.931. The van der Waals surface area contributed by atoms with E-state index in [-0.39, 0.29) is 6.10 Å². The second kappa shape index (κ2) is 5.64. The van der Waals surface area contributed by atoms with Crippen LogP contribution in [-0.2, 0) is 4.74 Å². The molecule has 0 bridgehead atoms. The first-order valence-electron chi connectivity index (χ1n) is 5.22. The van der Waals surface area contributed by atoms with Gasteiger partial charge in [-0.15, -0.1) is 0 Å². The van der Waals surface area contributed by atoms with E-state index >= 15 is 0 Å². The van der Waals surface area contributed by atoms with Crippen LogP contribution in [0.4, 0.5) is 0 Å². The third kappa shape index (κ3) is 3.71. The van der Waals surface area contributed by atoms with E-state index in [1.165, 1.54) is 18.4 Å². The predicted molar refractivity (Wildman–Crippen MR) is 74.4 cm³/mol. The molecule has 0 N–H and O–H groups in total. The van der Waals surface area contributed by atoms with Crippen molar-refractivity contribution in [2.24, 2.45) is 5.92 Å². The summed E-state index contributed by atoms with van der Waals surface area (Å²) in [5.74, 6) is 0.836. The summed E-state index contributed by atoms with van der Waals surface area (Å²) in [4.78, 5) is 0. The summed E-state index contributed by atoms with van der Waals surface area (Å²) in [6.07, 6.45) is 2.96. The van der Waals surface area contributed by atoms with Crippen LogP contribution in [0.3, 0.4) is 0 Å². The fourth-order valence-corrected chi connectivity index (χ4v) is 2.65. The van der Waals surface area contributed by atoms with Gasteiger partial charge in [0.25, 0.3) is 0 Å². The number of hydrogen-bond acceptors (Lipinski definition) is 1. The van der Waals surface area contributed by atoms with Crippen molar-refractivity contribution >= 4 is 38.5 Å². The number of hydrogen-bond donors (Lipinski definition) is 0. The van der Waals surface area contributed by atoms with Crippen molar-refractivity contribution in [2.45, 2.75) is 18.9 Å². The molecule has 15 heavy (non-hydrogen) atoms. The van der Waals surface area contributed by atoms with Crippen LogP contribution < -0.4 is 0 Å². The maximum atomic E-state index is 5.93. The third-order valence-corrected chi connectivity index (χ3v) is 3.88. The van der Waals surface area contributed by atoms with E-state index in [1.54, 1.807) is 0 Å². The van der Waals surface area contributed by atoms with E-state index in [9.17, 15) is 0 Å². The molecule has 1 fully saturated rings. The molecule has 1 aromatic carbocycles. The van der Waals surface area contributed by atoms with Crippen LogP contribution in [0.5, 0.6) is 0 Å². The van der Waals surface area contributed by atoms with Crippen molar-refractivity contribution < 1.29 is 4.74 Å². The average Bonchev–Trinajstić information content (AvgIpc) is 3.03. The summed E-state index contributed by atoms with van der Waals surface area (Å²) < 4.78 is 8.07. The Bertz CT molecular complexity index is 325. The SMILES string of the molecule is Brc1cccc(C(CI)OCC2CC2)c1. The number of rotatable bonds is 5. The van der Waals surface area contributed by atoms with Gasteiger partial charge in [-0.25, -0.2) is 0 Å². The number of benzene rings is 1. The van der Waals surface area contributed by atoms with E-state index in [0.717, 1.165) is 21.4 Å². The molecule has 0 aromatic heterocycles. The van der Waals surface area contributed by atoms with E-state index in [1.807, 2.05) is 0 Å². The van der Waals surface area contributed by atoms with Gasteiger partial charge in [-0.1, -0.05) is 50.7 Å². The fourth-order valence-electron chi connectivity index (χ4n) is 1.47. The minimum Gasteiger partial charge on any atom is -0.372 e. The number of ether oxygens (including phenoxy) is 1. The molecule has 1 aliphatic rings. The van der Waals surface area contributed by atoms with Crippen LogP contribution in [0.25, 0.3) is 0 Å². The van der Waals surface area contributed by atoms with Crippen LogP contribution in [0.2, 0.25) is 0 Å². The Balaban J connectivity index is 1.97. The zero-order valence-corrected chi connectivity index (χ0v) is 12.2. The summed E-state index contributed by atoms with van der Waals surface area (Å²) in [7, 11) is 0. The van der Waals surface area contributed by atoms with Gasteiger partial charge >= 0.3 is 0 Å². The third-order valence-electron chi connectivity index (χ3n) is 2.59. The molecule has 1 unspecified atom stereocenters. The zero-order valence-electron chi connectivity index (χ0n) is 8.46. The van der Waals surface area contributed by atoms with Crippen molar-refractivity contribution in [1.29, 1.82) is 0 Å². The Kier molecular flexibility index (Phi) is 4.46. The van der Waals surface area contributed by atoms with Crippen LogP contribution in [0.15, 0.2) is 28.7 Å². The lowest BCUT2D eigenvalue weighted by atomic mass is 10.1. The normalized spacial score (nSPS) is 17.7. The van der Waals surface area contributed by atoms with Crippen molar-refractivity contribution in [3.8, 4) is 0 Å². The molecule has 0 radical (unpaired) electrons. The Morgan fingerprint density at radius 1 is 1.47 bits per heavy atom. The van der Waals surface area contributed by atoms with Gasteiger partial charge in [-0.3, -0.25) is 0 Å². The maximum Gasteiger partial charge on any atom is 0.0914 e. The molecule has 0 saturated heterocycles. The largest absolute Gasteiger partial charge is 0.372 e. The van der Waals surface area contributed by atoms with Gasteiger partial charge in [-0.05, 0) is 36.5 Å². The van der Waals surface area contributed by atoms with Gasteiger partial charge in [0, 0.05) is 8.90 Å². The Morgan fingerprint density at radius 2 is 2.27 bits per heavy atom. The Labute approximate surface area is 113 Å². The van der Waals surface area contributed by atoms with Gasteiger partial charge in [0.05, 0.1) is 12.7 Å². The first kappa shape index (κ1) is 11.9. The van der Waals surface area contributed by atoms with Crippen LogP contribution in [-0.4, -0.2) is 11.0 Å². The molecular formula is C12H14BrIO. The molecule has 0 spiro atoms. The summed E-state index contributed by atoms with van der Waals surface area (Å²) >= 11 is 5.89. The highest BCUT2D eigenvalue weighted by molar-refractivity contribution is 14.1. The smallest absolute Gasteiger partial charge is 0.0914 e. The lowest BCUT2D eigenvalue weighted by Crippen LogP contribution is -2.07. The molecule has 1 nitrogen and oxygen atoms in total. The molecule has 3 heteroatoms. The minimum absolute atomic E-state index is 0.253. The first-order valence-corrected chi connectivity index (χ1v) is 7.54. The zero-order chi connectivity index (χ0) is 10.7. The molecule has 1 atom stereocenters. The standard InChI is InChI=1S/C12H14BrIO/c13-11-3-1-2-10(6-11)12(7-14)15-8-9-4-5-9/h1-3,6,9,12H,4-5,7-8H2. The molecule has 0 heterocycles. The van der Waals surface area contributed by atoms with Gasteiger partial charge in [0.1, 0.15) is 0 Å². The molecule has 1 saturated carbocycles. The molecule has 0 aliphatic heterocycles. The number of alkyl halides is 1. The van der Waals surface area contributed by atoms with E-state index in [2.05, 4.69) is 62.8 Å². The highest BCUT2D eigenvalue weighted by Gasteiger charge is 2.23. The highest BCUT2D eigenvalue weighted by atomic mass is 127. The van der Waals surface area contributed by atoms with Crippen molar-refractivity contribution in [3.63, 3.8) is 0 Å². The predicted octanol–water partition coefficient (Wildman–Crippen LogP) is 4.35. The molecular weight excluding hydrogens is 367 g/mol. The highest BCUT2D eigenvalue weighted by Crippen LogP contribution is 2.32. The molecule has 1 aromatic rings. The van der Waals surface area contributed by atoms with Crippen molar-refractivity contribution in [1.82, 2.24) is 0 Å². The molecule has 0 amide bonds. The summed E-state index contributed by atoms with van der Waals surface area (Å²) in [5.41, 5.74) is 1.28. The molecule has 82 valence electrons. The maximum absolute atomic E-state index is 5.93. The molecule has 1 aliphatic carbocycles. The Morgan fingerprint density at radius 3 is 2.87 bits per heavy atom. The first-order chi connectivity index (χ1) is 7.29. The van der Waals surface area contributed by atoms with Crippen molar-refractivity contribution in [2.75, 3.05) is 11.0 Å². The average molecular weight is 381 g/mol. The monoisotopic (exact) mass is 380 g/mol. The fraction of sp³-hybridized carbons (Fsp3) is 0.500. The quantitative estimate of drug-likeness (QED) is 0.545. The van der Waals surface area contributed by atoms with Gasteiger partial charge in [-0.2, -0.15) is 0 Å². The van der Waals surface area contributed by atoms with E-state index < -0.39 is 0 Å². The second-order valence-corrected chi connectivity index (χ2v) is 5.77. The van der Waals surface area contributed by atoms with E-state index in [0.29, 0.717) is 0 Å². The van der Waals surface area contributed by atoms with Crippen LogP contribution in [0, 0.1) is 5.92 Å². The second-order valence-electron chi connectivity index (χ2n) is 3.97. The van der Waals surface area contributed by atoms with Crippen LogP contribution >= 0.6 is 38.5 Å².